The third-order valence-corrected chi connectivity index (χ3v) is 8.37. The number of hydrogen-bond donors (Lipinski definition) is 1. The molecule has 9 nitrogen and oxygen atoms in total. The number of anilines is 1. The highest BCUT2D eigenvalue weighted by molar-refractivity contribution is 7.89. The number of nitro benzene ring substituents is 1. The number of hydrogen-bond acceptors (Lipinski definition) is 8. The van der Waals surface area contributed by atoms with E-state index >= 15 is 0 Å². The lowest BCUT2D eigenvalue weighted by Crippen LogP contribution is -2.38. The molecule has 2 aromatic carbocycles. The Morgan fingerprint density at radius 1 is 1.21 bits per heavy atom. The van der Waals surface area contributed by atoms with Gasteiger partial charge in [0.1, 0.15) is 10.8 Å². The number of piperidine rings is 1. The zero-order valence-electron chi connectivity index (χ0n) is 18.5. The molecule has 0 amide bonds. The summed E-state index contributed by atoms with van der Waals surface area (Å²) < 4.78 is 32.3. The van der Waals surface area contributed by atoms with Crippen molar-refractivity contribution in [2.45, 2.75) is 31.1 Å². The SMILES string of the molecule is Cc1ccc(Cc2nsc(N3CCC(CNS(=O)(=O)c4ccc(Cl)c([N+](=O)[O-])c4)CC3)n2)cc1. The van der Waals surface area contributed by atoms with Crippen molar-refractivity contribution in [3.63, 3.8) is 0 Å². The molecule has 2 heterocycles. The second kappa shape index (κ2) is 10.3. The largest absolute Gasteiger partial charge is 0.347 e. The molecule has 1 fully saturated rings. The van der Waals surface area contributed by atoms with E-state index in [9.17, 15) is 18.5 Å². The molecular formula is C22H24ClN5O4S2. The van der Waals surface area contributed by atoms with E-state index in [0.717, 1.165) is 43.0 Å². The van der Waals surface area contributed by atoms with Gasteiger partial charge in [0.05, 0.1) is 9.82 Å². The molecule has 180 valence electrons. The summed E-state index contributed by atoms with van der Waals surface area (Å²) in [6.07, 6.45) is 2.30. The molecule has 1 N–H and O–H groups in total. The van der Waals surface area contributed by atoms with Gasteiger partial charge in [-0.05, 0) is 43.4 Å². The molecular weight excluding hydrogens is 498 g/mol. The van der Waals surface area contributed by atoms with E-state index in [4.69, 9.17) is 11.6 Å². The molecule has 0 unspecified atom stereocenters. The number of halogens is 1. The van der Waals surface area contributed by atoms with Crippen LogP contribution in [-0.4, -0.2) is 42.3 Å². The second-order valence-electron chi connectivity index (χ2n) is 8.31. The van der Waals surface area contributed by atoms with Gasteiger partial charge in [0, 0.05) is 43.7 Å². The van der Waals surface area contributed by atoms with Gasteiger partial charge in [-0.15, -0.1) is 0 Å². The van der Waals surface area contributed by atoms with Crippen LogP contribution in [0.5, 0.6) is 0 Å². The average molecular weight is 522 g/mol. The van der Waals surface area contributed by atoms with E-state index in [1.54, 1.807) is 0 Å². The second-order valence-corrected chi connectivity index (χ2v) is 11.2. The zero-order chi connectivity index (χ0) is 24.3. The summed E-state index contributed by atoms with van der Waals surface area (Å²) >= 11 is 7.17. The van der Waals surface area contributed by atoms with Crippen molar-refractivity contribution in [1.29, 1.82) is 0 Å². The molecule has 34 heavy (non-hydrogen) atoms. The molecule has 0 atom stereocenters. The fourth-order valence-corrected chi connectivity index (χ4v) is 5.83. The van der Waals surface area contributed by atoms with Gasteiger partial charge in [-0.3, -0.25) is 10.1 Å². The van der Waals surface area contributed by atoms with Crippen LogP contribution in [0, 0.1) is 23.0 Å². The fraction of sp³-hybridized carbons (Fsp3) is 0.364. The van der Waals surface area contributed by atoms with E-state index < -0.39 is 20.6 Å². The minimum atomic E-state index is -3.87. The Morgan fingerprint density at radius 3 is 2.59 bits per heavy atom. The molecule has 0 aliphatic carbocycles. The van der Waals surface area contributed by atoms with Crippen LogP contribution in [-0.2, 0) is 16.4 Å². The molecule has 4 rings (SSSR count). The van der Waals surface area contributed by atoms with Crippen molar-refractivity contribution < 1.29 is 13.3 Å². The molecule has 0 saturated carbocycles. The van der Waals surface area contributed by atoms with E-state index in [1.165, 1.54) is 34.8 Å². The highest BCUT2D eigenvalue weighted by Gasteiger charge is 2.25. The maximum atomic E-state index is 12.6. The topological polar surface area (TPSA) is 118 Å². The van der Waals surface area contributed by atoms with Crippen molar-refractivity contribution >= 4 is 44.0 Å². The first-order valence-corrected chi connectivity index (χ1v) is 13.4. The van der Waals surface area contributed by atoms with Crippen LogP contribution in [0.2, 0.25) is 5.02 Å². The number of rotatable bonds is 8. The summed E-state index contributed by atoms with van der Waals surface area (Å²) in [5.41, 5.74) is 1.96. The number of nitrogens with zero attached hydrogens (tertiary/aromatic N) is 4. The number of aromatic nitrogens is 2. The van der Waals surface area contributed by atoms with Gasteiger partial charge in [-0.25, -0.2) is 18.1 Å². The monoisotopic (exact) mass is 521 g/mol. The zero-order valence-corrected chi connectivity index (χ0v) is 20.9. The first-order valence-electron chi connectivity index (χ1n) is 10.8. The summed E-state index contributed by atoms with van der Waals surface area (Å²) in [6, 6.07) is 11.8. The van der Waals surface area contributed by atoms with Gasteiger partial charge >= 0.3 is 0 Å². The van der Waals surface area contributed by atoms with Crippen molar-refractivity contribution in [3.05, 3.63) is 74.6 Å². The highest BCUT2D eigenvalue weighted by atomic mass is 35.5. The van der Waals surface area contributed by atoms with Crippen LogP contribution >= 0.6 is 23.1 Å². The van der Waals surface area contributed by atoms with Crippen LogP contribution < -0.4 is 9.62 Å². The number of benzene rings is 2. The van der Waals surface area contributed by atoms with E-state index in [-0.39, 0.29) is 22.4 Å². The summed E-state index contributed by atoms with van der Waals surface area (Å²) in [5, 5.41) is 11.8. The highest BCUT2D eigenvalue weighted by Crippen LogP contribution is 2.28. The van der Waals surface area contributed by atoms with Gasteiger partial charge in [0.2, 0.25) is 15.2 Å². The number of nitrogens with one attached hydrogen (secondary N) is 1. The number of sulfonamides is 1. The van der Waals surface area contributed by atoms with Crippen LogP contribution in [0.1, 0.15) is 29.8 Å². The summed E-state index contributed by atoms with van der Waals surface area (Å²) in [7, 11) is -3.87. The first kappa shape index (κ1) is 24.5. The Balaban J connectivity index is 1.30. The molecule has 12 heteroatoms. The third kappa shape index (κ3) is 5.90. The van der Waals surface area contributed by atoms with Crippen molar-refractivity contribution in [3.8, 4) is 0 Å². The molecule has 1 aromatic heterocycles. The lowest BCUT2D eigenvalue weighted by atomic mass is 9.97. The van der Waals surface area contributed by atoms with Gasteiger partial charge in [-0.2, -0.15) is 4.37 Å². The van der Waals surface area contributed by atoms with Gasteiger partial charge in [-0.1, -0.05) is 41.4 Å². The normalized spacial score (nSPS) is 14.9. The predicted octanol–water partition coefficient (Wildman–Crippen LogP) is 4.19. The average Bonchev–Trinajstić information content (AvgIpc) is 3.28. The Hall–Kier alpha value is -2.60. The predicted molar refractivity (Wildman–Crippen MR) is 132 cm³/mol. The standard InChI is InChI=1S/C22H24ClN5O4S2/c1-15-2-4-16(5-3-15)12-21-25-22(33-26-21)27-10-8-17(9-11-27)14-24-34(31,32)18-6-7-19(23)20(13-18)28(29)30/h2-7,13,17,24H,8-12,14H2,1H3. The van der Waals surface area contributed by atoms with Gasteiger partial charge < -0.3 is 4.90 Å². The Labute approximate surface area is 207 Å². The number of aryl methyl sites for hydroxylation is 1. The summed E-state index contributed by atoms with van der Waals surface area (Å²) in [4.78, 5) is 17.1. The minimum Gasteiger partial charge on any atom is -0.347 e. The molecule has 0 spiro atoms. The minimum absolute atomic E-state index is 0.102. The summed E-state index contributed by atoms with van der Waals surface area (Å²) in [6.45, 7) is 3.85. The molecule has 1 saturated heterocycles. The van der Waals surface area contributed by atoms with Crippen LogP contribution in [0.4, 0.5) is 10.8 Å². The maximum Gasteiger partial charge on any atom is 0.289 e. The number of nitro groups is 1. The maximum absolute atomic E-state index is 12.6. The Morgan fingerprint density at radius 2 is 1.91 bits per heavy atom. The summed E-state index contributed by atoms with van der Waals surface area (Å²) in [5.74, 6) is 0.962. The molecule has 1 aliphatic heterocycles. The first-order chi connectivity index (χ1) is 16.2. The van der Waals surface area contributed by atoms with Crippen LogP contribution in [0.15, 0.2) is 47.4 Å². The molecule has 3 aromatic rings. The Kier molecular flexibility index (Phi) is 7.46. The van der Waals surface area contributed by atoms with Crippen molar-refractivity contribution in [2.24, 2.45) is 5.92 Å². The molecule has 1 aliphatic rings. The van der Waals surface area contributed by atoms with Crippen LogP contribution in [0.3, 0.4) is 0 Å². The third-order valence-electron chi connectivity index (χ3n) is 5.81. The van der Waals surface area contributed by atoms with E-state index in [0.29, 0.717) is 6.42 Å². The van der Waals surface area contributed by atoms with Crippen LogP contribution in [0.25, 0.3) is 0 Å². The lowest BCUT2D eigenvalue weighted by Gasteiger charge is -2.31. The lowest BCUT2D eigenvalue weighted by molar-refractivity contribution is -0.384. The van der Waals surface area contributed by atoms with Gasteiger partial charge in [0.25, 0.3) is 5.69 Å². The smallest absolute Gasteiger partial charge is 0.289 e. The molecule has 0 bridgehead atoms. The van der Waals surface area contributed by atoms with E-state index in [1.807, 2.05) is 0 Å². The van der Waals surface area contributed by atoms with Crippen molar-refractivity contribution in [1.82, 2.24) is 14.1 Å². The van der Waals surface area contributed by atoms with Crippen molar-refractivity contribution in [2.75, 3.05) is 24.5 Å². The Bertz CT molecular complexity index is 1270. The quantitative estimate of drug-likeness (QED) is 0.348. The fourth-order valence-electron chi connectivity index (χ4n) is 3.77. The van der Waals surface area contributed by atoms with Gasteiger partial charge in [0.15, 0.2) is 0 Å². The van der Waals surface area contributed by atoms with E-state index in [2.05, 4.69) is 50.2 Å². The molecule has 0 radical (unpaired) electrons.